The molecule has 7 nitrogen and oxygen atoms in total. The molecular formula is C21H19FN2O5. The van der Waals surface area contributed by atoms with Crippen LogP contribution in [0.4, 0.5) is 4.39 Å². The van der Waals surface area contributed by atoms with Gasteiger partial charge in [-0.3, -0.25) is 0 Å². The Kier molecular flexibility index (Phi) is 4.92. The molecule has 3 atom stereocenters. The number of aromatic nitrogens is 2. The molecule has 2 aromatic carbocycles. The summed E-state index contributed by atoms with van der Waals surface area (Å²) in [6.07, 6.45) is -2.27. The smallest absolute Gasteiger partial charge is 0.352 e. The van der Waals surface area contributed by atoms with Crippen LogP contribution in [-0.4, -0.2) is 28.3 Å². The monoisotopic (exact) mass is 398 g/mol. The van der Waals surface area contributed by atoms with Gasteiger partial charge in [0.1, 0.15) is 11.9 Å². The maximum Gasteiger partial charge on any atom is 0.352 e. The summed E-state index contributed by atoms with van der Waals surface area (Å²) in [6.45, 7) is 5.00. The molecule has 4 rings (SSSR count). The number of nitrogens with zero attached hydrogens (tertiary/aromatic N) is 2. The van der Waals surface area contributed by atoms with E-state index >= 15 is 0 Å². The van der Waals surface area contributed by atoms with E-state index in [0.29, 0.717) is 22.6 Å². The molecule has 0 amide bonds. The number of hydrogen-bond donors (Lipinski definition) is 0. The highest BCUT2D eigenvalue weighted by molar-refractivity contribution is 5.76. The van der Waals surface area contributed by atoms with Crippen molar-refractivity contribution in [1.82, 2.24) is 10.1 Å². The molecule has 0 aliphatic carbocycles. The van der Waals surface area contributed by atoms with Crippen LogP contribution in [0, 0.1) is 12.7 Å². The summed E-state index contributed by atoms with van der Waals surface area (Å²) in [5.41, 5.74) is 0.987. The first-order valence-electron chi connectivity index (χ1n) is 9.15. The highest BCUT2D eigenvalue weighted by Gasteiger charge is 2.36. The largest absolute Gasteiger partial charge is 0.482 e. The zero-order valence-electron chi connectivity index (χ0n) is 16.1. The lowest BCUT2D eigenvalue weighted by Gasteiger charge is -2.30. The third kappa shape index (κ3) is 3.78. The summed E-state index contributed by atoms with van der Waals surface area (Å²) in [4.78, 5) is 16.8. The van der Waals surface area contributed by atoms with Gasteiger partial charge in [-0.15, -0.1) is 0 Å². The van der Waals surface area contributed by atoms with E-state index in [-0.39, 0.29) is 17.5 Å². The Hall–Kier alpha value is -3.42. The summed E-state index contributed by atoms with van der Waals surface area (Å²) in [6, 6.07) is 11.7. The zero-order valence-corrected chi connectivity index (χ0v) is 16.1. The SMILES string of the molecule is Cc1ccc(-c2noc(C(C)OC(=O)C3Oc4ccccc4OC3C)n2)cc1F. The van der Waals surface area contributed by atoms with E-state index in [0.717, 1.165) is 0 Å². The van der Waals surface area contributed by atoms with Gasteiger partial charge in [0.2, 0.25) is 11.9 Å². The fraction of sp³-hybridized carbons (Fsp3) is 0.286. The molecule has 1 aromatic heterocycles. The number of benzene rings is 2. The Bertz CT molecular complexity index is 1050. The first kappa shape index (κ1) is 18.9. The van der Waals surface area contributed by atoms with Gasteiger partial charge in [0.05, 0.1) is 0 Å². The minimum absolute atomic E-state index is 0.0964. The standard InChI is InChI=1S/C21H19FN2O5/c1-11-8-9-14(10-15(11)22)19-23-20(29-24-19)13(3)27-21(25)18-12(2)26-16-6-4-5-7-17(16)28-18/h4-10,12-13,18H,1-3H3. The van der Waals surface area contributed by atoms with Crippen molar-refractivity contribution in [2.24, 2.45) is 0 Å². The van der Waals surface area contributed by atoms with E-state index in [2.05, 4.69) is 10.1 Å². The van der Waals surface area contributed by atoms with Gasteiger partial charge in [-0.1, -0.05) is 29.4 Å². The predicted molar refractivity (Wildman–Crippen MR) is 99.9 cm³/mol. The van der Waals surface area contributed by atoms with E-state index in [1.807, 2.05) is 6.07 Å². The molecule has 1 aliphatic rings. The van der Waals surface area contributed by atoms with Crippen LogP contribution >= 0.6 is 0 Å². The highest BCUT2D eigenvalue weighted by Crippen LogP contribution is 2.34. The van der Waals surface area contributed by atoms with Crippen LogP contribution in [0.5, 0.6) is 11.5 Å². The minimum Gasteiger partial charge on any atom is -0.482 e. The molecule has 150 valence electrons. The van der Waals surface area contributed by atoms with Crippen LogP contribution in [0.2, 0.25) is 0 Å². The van der Waals surface area contributed by atoms with Crippen molar-refractivity contribution in [2.45, 2.75) is 39.1 Å². The second-order valence-electron chi connectivity index (χ2n) is 6.81. The number of halogens is 1. The maximum absolute atomic E-state index is 13.8. The molecule has 3 aromatic rings. The van der Waals surface area contributed by atoms with Gasteiger partial charge in [-0.2, -0.15) is 4.98 Å². The zero-order chi connectivity index (χ0) is 20.5. The van der Waals surface area contributed by atoms with Gasteiger partial charge >= 0.3 is 5.97 Å². The van der Waals surface area contributed by atoms with Crippen molar-refractivity contribution < 1.29 is 27.9 Å². The third-order valence-corrected chi connectivity index (χ3v) is 4.59. The molecule has 0 saturated heterocycles. The van der Waals surface area contributed by atoms with Crippen molar-refractivity contribution in [3.05, 3.63) is 59.7 Å². The van der Waals surface area contributed by atoms with Crippen LogP contribution < -0.4 is 9.47 Å². The second-order valence-corrected chi connectivity index (χ2v) is 6.81. The number of ether oxygens (including phenoxy) is 3. The van der Waals surface area contributed by atoms with Gasteiger partial charge in [0.25, 0.3) is 5.89 Å². The molecule has 0 N–H and O–H groups in total. The quantitative estimate of drug-likeness (QED) is 0.614. The number of fused-ring (bicyclic) bond motifs is 1. The molecule has 0 bridgehead atoms. The van der Waals surface area contributed by atoms with Gasteiger partial charge in [-0.25, -0.2) is 9.18 Å². The average molecular weight is 398 g/mol. The molecule has 0 radical (unpaired) electrons. The van der Waals surface area contributed by atoms with Crippen molar-refractivity contribution in [3.8, 4) is 22.9 Å². The average Bonchev–Trinajstić information content (AvgIpc) is 3.20. The number of esters is 1. The minimum atomic E-state index is -0.930. The van der Waals surface area contributed by atoms with E-state index < -0.39 is 24.3 Å². The summed E-state index contributed by atoms with van der Waals surface area (Å²) in [5, 5.41) is 3.84. The maximum atomic E-state index is 13.8. The first-order valence-corrected chi connectivity index (χ1v) is 9.15. The molecule has 2 heterocycles. The van der Waals surface area contributed by atoms with Crippen LogP contribution in [-0.2, 0) is 9.53 Å². The molecule has 0 saturated carbocycles. The van der Waals surface area contributed by atoms with E-state index in [1.54, 1.807) is 51.1 Å². The van der Waals surface area contributed by atoms with E-state index in [9.17, 15) is 9.18 Å². The van der Waals surface area contributed by atoms with Crippen molar-refractivity contribution >= 4 is 5.97 Å². The fourth-order valence-corrected chi connectivity index (χ4v) is 2.92. The molecule has 0 spiro atoms. The van der Waals surface area contributed by atoms with Crippen molar-refractivity contribution in [3.63, 3.8) is 0 Å². The molecular weight excluding hydrogens is 379 g/mol. The summed E-state index contributed by atoms with van der Waals surface area (Å²) < 4.78 is 35.9. The van der Waals surface area contributed by atoms with Gasteiger partial charge in [0, 0.05) is 5.56 Å². The van der Waals surface area contributed by atoms with Crippen LogP contribution in [0.15, 0.2) is 47.0 Å². The topological polar surface area (TPSA) is 83.7 Å². The van der Waals surface area contributed by atoms with Crippen molar-refractivity contribution in [2.75, 3.05) is 0 Å². The molecule has 1 aliphatic heterocycles. The number of carbonyl (C=O) groups is 1. The number of para-hydroxylation sites is 2. The molecule has 0 fully saturated rings. The van der Waals surface area contributed by atoms with E-state index in [1.165, 1.54) is 6.07 Å². The number of carbonyl (C=O) groups excluding carboxylic acids is 1. The van der Waals surface area contributed by atoms with Gasteiger partial charge in [-0.05, 0) is 44.5 Å². The number of aryl methyl sites for hydroxylation is 1. The Morgan fingerprint density at radius 2 is 1.90 bits per heavy atom. The van der Waals surface area contributed by atoms with Gasteiger partial charge < -0.3 is 18.7 Å². The van der Waals surface area contributed by atoms with Gasteiger partial charge in [0.15, 0.2) is 17.6 Å². The normalized spacial score (nSPS) is 18.9. The van der Waals surface area contributed by atoms with Crippen LogP contribution in [0.3, 0.4) is 0 Å². The lowest BCUT2D eigenvalue weighted by Crippen LogP contribution is -2.44. The Labute approximate surface area is 166 Å². The van der Waals surface area contributed by atoms with Crippen LogP contribution in [0.1, 0.15) is 31.4 Å². The summed E-state index contributed by atoms with van der Waals surface area (Å²) in [7, 11) is 0. The molecule has 29 heavy (non-hydrogen) atoms. The third-order valence-electron chi connectivity index (χ3n) is 4.59. The molecule has 3 unspecified atom stereocenters. The summed E-state index contributed by atoms with van der Waals surface area (Å²) >= 11 is 0. The lowest BCUT2D eigenvalue weighted by molar-refractivity contribution is -0.164. The van der Waals surface area contributed by atoms with E-state index in [4.69, 9.17) is 18.7 Å². The number of rotatable bonds is 4. The lowest BCUT2D eigenvalue weighted by atomic mass is 10.1. The predicted octanol–water partition coefficient (Wildman–Crippen LogP) is 4.02. The van der Waals surface area contributed by atoms with Crippen LogP contribution in [0.25, 0.3) is 11.4 Å². The number of hydrogen-bond acceptors (Lipinski definition) is 7. The Balaban J connectivity index is 1.45. The first-order chi connectivity index (χ1) is 13.9. The second kappa shape index (κ2) is 7.54. The Morgan fingerprint density at radius 1 is 1.17 bits per heavy atom. The Morgan fingerprint density at radius 3 is 2.62 bits per heavy atom. The molecule has 8 heteroatoms. The fourth-order valence-electron chi connectivity index (χ4n) is 2.92. The summed E-state index contributed by atoms with van der Waals surface area (Å²) in [5.74, 6) is 0.379. The van der Waals surface area contributed by atoms with Crippen molar-refractivity contribution in [1.29, 1.82) is 0 Å². The highest BCUT2D eigenvalue weighted by atomic mass is 19.1.